The summed E-state index contributed by atoms with van der Waals surface area (Å²) in [4.78, 5) is 72.9. The van der Waals surface area contributed by atoms with Gasteiger partial charge >= 0.3 is 23.9 Å². The molecule has 7 rings (SSSR count). The molecule has 2 saturated carbocycles. The topological polar surface area (TPSA) is 254 Å². The monoisotopic (exact) mass is 1180 g/mol. The van der Waals surface area contributed by atoms with E-state index >= 15 is 0 Å². The minimum absolute atomic E-state index is 0.000972. The summed E-state index contributed by atoms with van der Waals surface area (Å²) in [5, 5.41) is 46.3. The number of rotatable bonds is 0. The van der Waals surface area contributed by atoms with Crippen LogP contribution in [0.3, 0.4) is 0 Å². The first-order valence-electron chi connectivity index (χ1n) is 30.1. The van der Waals surface area contributed by atoms with Crippen molar-refractivity contribution >= 4 is 48.7 Å². The summed E-state index contributed by atoms with van der Waals surface area (Å²) < 4.78 is 34.7. The van der Waals surface area contributed by atoms with Gasteiger partial charge in [0, 0.05) is 69.4 Å². The van der Waals surface area contributed by atoms with Crippen molar-refractivity contribution in [2.24, 2.45) is 20.0 Å². The van der Waals surface area contributed by atoms with E-state index in [4.69, 9.17) is 48.4 Å². The van der Waals surface area contributed by atoms with Gasteiger partial charge in [-0.15, -0.1) is 0 Å². The molecule has 1 heterocycles. The Morgan fingerprint density at radius 2 is 0.535 bits per heavy atom. The first kappa shape index (κ1) is 66.1. The highest BCUT2D eigenvalue weighted by Crippen LogP contribution is 2.41. The molecule has 3 aliphatic rings. The van der Waals surface area contributed by atoms with Crippen LogP contribution in [0.1, 0.15) is 205 Å². The molecule has 2 fully saturated rings. The van der Waals surface area contributed by atoms with Crippen molar-refractivity contribution in [2.45, 2.75) is 206 Å². The van der Waals surface area contributed by atoms with Gasteiger partial charge in [-0.3, -0.25) is 39.1 Å². The number of phenols is 4. The lowest BCUT2D eigenvalue weighted by Gasteiger charge is -2.26. The lowest BCUT2D eigenvalue weighted by Crippen LogP contribution is -2.27. The molecule has 8 bridgehead atoms. The molecule has 4 N–H and O–H groups in total. The smallest absolute Gasteiger partial charge is 0.313 e. The highest BCUT2D eigenvalue weighted by atomic mass is 16.6. The van der Waals surface area contributed by atoms with Crippen LogP contribution < -0.4 is 18.9 Å². The third-order valence-electron chi connectivity index (χ3n) is 15.4. The molecule has 4 aromatic rings. The maximum Gasteiger partial charge on any atom is 0.313 e. The van der Waals surface area contributed by atoms with Crippen LogP contribution in [0.5, 0.6) is 46.0 Å². The van der Waals surface area contributed by atoms with E-state index in [-0.39, 0.29) is 122 Å². The first-order valence-corrected chi connectivity index (χ1v) is 30.1. The van der Waals surface area contributed by atoms with Crippen LogP contribution in [0.25, 0.3) is 0 Å². The number of hydrogen-bond donors (Lipinski definition) is 4. The first-order chi connectivity index (χ1) is 40.4. The number of nitrogens with zero attached hydrogens (tertiary/aromatic N) is 4. The normalized spacial score (nSPS) is 20.9. The Kier molecular flexibility index (Phi) is 21.8. The largest absolute Gasteiger partial charge is 0.507 e. The van der Waals surface area contributed by atoms with E-state index < -0.39 is 45.5 Å². The van der Waals surface area contributed by atoms with Gasteiger partial charge in [0.05, 0.1) is 76.3 Å². The van der Waals surface area contributed by atoms with E-state index in [1.54, 1.807) is 73.4 Å². The minimum Gasteiger partial charge on any atom is -0.507 e. The third kappa shape index (κ3) is 18.3. The zero-order valence-corrected chi connectivity index (χ0v) is 52.2. The van der Waals surface area contributed by atoms with Crippen molar-refractivity contribution in [3.05, 3.63) is 93.0 Å². The van der Waals surface area contributed by atoms with Crippen molar-refractivity contribution in [3.8, 4) is 46.0 Å². The second-order valence-electron chi connectivity index (χ2n) is 26.7. The molecule has 18 heteroatoms. The molecule has 0 aromatic heterocycles. The van der Waals surface area contributed by atoms with Gasteiger partial charge in [0.2, 0.25) is 0 Å². The number of carbonyl (C=O) groups is 4. The number of fused-ring (bicyclic) bond motifs is 10. The van der Waals surface area contributed by atoms with Gasteiger partial charge in [0.15, 0.2) is 0 Å². The highest BCUT2D eigenvalue weighted by molar-refractivity contribution is 5.89. The number of aromatic hydroxyl groups is 4. The van der Waals surface area contributed by atoms with Crippen molar-refractivity contribution in [1.82, 2.24) is 0 Å². The van der Waals surface area contributed by atoms with Gasteiger partial charge in [-0.2, -0.15) is 0 Å². The van der Waals surface area contributed by atoms with Gasteiger partial charge in [0.1, 0.15) is 46.0 Å². The molecule has 1 aliphatic heterocycles. The van der Waals surface area contributed by atoms with Gasteiger partial charge in [-0.1, -0.05) is 109 Å². The molecular formula is C68H88N4O14. The van der Waals surface area contributed by atoms with Crippen LogP contribution >= 0.6 is 0 Å². The zero-order valence-electron chi connectivity index (χ0n) is 52.2. The standard InChI is InChI=1S/C68H88N4O14/c1-65(2,3)49-33-45-29-41(61(49)77)37-69-53-17-13-14-18-54(53)70-38-42-30-46(34-50(62(42)78)66(4,5)6)85-59(75)23-27-82-28-24-60(76)86-48-32-44(64(80)52(36-48)68(10,11)12)40-72-56-20-16-15-19-55(56)71-39-43-31-47(35-51(63(43)79)67(7,8)9)84-58(74)22-26-81-25-21-57(73)83-45/h29-40,53-56,77-80H,13-28H2,1-12H3/t53-,54-,55-,56-/m0/s1. The maximum absolute atomic E-state index is 13.3. The van der Waals surface area contributed by atoms with E-state index in [1.165, 1.54) is 0 Å². The Morgan fingerprint density at radius 3 is 0.721 bits per heavy atom. The number of aliphatic imine (C=N–C) groups is 4. The summed E-state index contributed by atoms with van der Waals surface area (Å²) >= 11 is 0. The maximum atomic E-state index is 13.3. The fourth-order valence-electron chi connectivity index (χ4n) is 10.6. The molecule has 0 unspecified atom stereocenters. The predicted octanol–water partition coefficient (Wildman–Crippen LogP) is 12.3. The predicted molar refractivity (Wildman–Crippen MR) is 332 cm³/mol. The summed E-state index contributed by atoms with van der Waals surface area (Å²) in [6.07, 6.45) is 12.2. The summed E-state index contributed by atoms with van der Waals surface area (Å²) in [7, 11) is 0. The molecule has 0 saturated heterocycles. The molecular weight excluding hydrogens is 1100 g/mol. The average molecular weight is 1190 g/mol. The minimum atomic E-state index is -0.587. The Labute approximate surface area is 506 Å². The van der Waals surface area contributed by atoms with Crippen molar-refractivity contribution in [1.29, 1.82) is 0 Å². The van der Waals surface area contributed by atoms with Crippen molar-refractivity contribution < 1.29 is 68.0 Å². The molecule has 86 heavy (non-hydrogen) atoms. The summed E-state index contributed by atoms with van der Waals surface area (Å²) in [6.45, 7) is 23.1. The van der Waals surface area contributed by atoms with Crippen LogP contribution in [-0.2, 0) is 50.3 Å². The van der Waals surface area contributed by atoms with E-state index in [0.29, 0.717) is 70.2 Å². The second-order valence-corrected chi connectivity index (χ2v) is 26.7. The van der Waals surface area contributed by atoms with Crippen LogP contribution in [0.2, 0.25) is 0 Å². The molecule has 464 valence electrons. The number of esters is 4. The van der Waals surface area contributed by atoms with Crippen LogP contribution in [0.15, 0.2) is 68.5 Å². The Morgan fingerprint density at radius 1 is 0.337 bits per heavy atom. The Bertz CT molecular complexity index is 2800. The van der Waals surface area contributed by atoms with Gasteiger partial charge in [-0.25, -0.2) is 0 Å². The summed E-state index contributed by atoms with van der Waals surface area (Å²) in [5.41, 5.74) is 1.40. The van der Waals surface area contributed by atoms with Crippen LogP contribution in [0, 0.1) is 0 Å². The summed E-state index contributed by atoms with van der Waals surface area (Å²) in [6, 6.07) is 11.6. The number of phenolic OH excluding ortho intramolecular Hbond substituents is 4. The Balaban J connectivity index is 1.16. The quantitative estimate of drug-likeness (QED) is 0.0944. The molecule has 0 amide bonds. The lowest BCUT2D eigenvalue weighted by molar-refractivity contribution is -0.138. The van der Waals surface area contributed by atoms with E-state index in [1.807, 2.05) is 83.1 Å². The zero-order chi connectivity index (χ0) is 62.7. The molecule has 0 spiro atoms. The van der Waals surface area contributed by atoms with Crippen molar-refractivity contribution in [3.63, 3.8) is 0 Å². The summed E-state index contributed by atoms with van der Waals surface area (Å²) in [5.74, 6) is -1.51. The van der Waals surface area contributed by atoms with Gasteiger partial charge in [0.25, 0.3) is 0 Å². The lowest BCUT2D eigenvalue weighted by atomic mass is 9.85. The van der Waals surface area contributed by atoms with E-state index in [2.05, 4.69) is 0 Å². The SMILES string of the molecule is CC(C)(C)c1cc2cc(c1O)C=N[C@H]1CCCC[C@@H]1N=Cc1cc(cc(C(C)(C)C)c1O)OC(=O)CCOCCC(=O)Oc1cc(c(O)c(C(C)(C)C)c1)C=N[C@H]1CCCC[C@@H]1N=Cc1cc(cc(C(C)(C)C)c1O)OC(=O)CCOCCC(=O)O2. The number of carbonyl (C=O) groups excluding carboxylic acids is 4. The molecule has 4 atom stereocenters. The molecule has 0 radical (unpaired) electrons. The van der Waals surface area contributed by atoms with E-state index in [9.17, 15) is 39.6 Å². The molecule has 18 nitrogen and oxygen atoms in total. The van der Waals surface area contributed by atoms with Crippen molar-refractivity contribution in [2.75, 3.05) is 26.4 Å². The molecule has 2 aliphatic carbocycles. The number of hydrogen-bond acceptors (Lipinski definition) is 18. The fourth-order valence-corrected chi connectivity index (χ4v) is 10.6. The highest BCUT2D eigenvalue weighted by Gasteiger charge is 2.30. The fraction of sp³-hybridized carbons (Fsp3) is 0.529. The number of benzene rings is 4. The van der Waals surface area contributed by atoms with E-state index in [0.717, 1.165) is 25.7 Å². The van der Waals surface area contributed by atoms with Gasteiger partial charge < -0.3 is 48.8 Å². The third-order valence-corrected chi connectivity index (χ3v) is 15.4. The molecule has 4 aromatic carbocycles. The average Bonchev–Trinajstić information content (AvgIpc) is 2.57. The van der Waals surface area contributed by atoms with Gasteiger partial charge in [-0.05, 0) is 95.9 Å². The van der Waals surface area contributed by atoms with Crippen LogP contribution in [-0.4, -0.2) is 120 Å². The van der Waals surface area contributed by atoms with Crippen LogP contribution in [0.4, 0.5) is 0 Å². The number of ether oxygens (including phenoxy) is 6. The second kappa shape index (κ2) is 28.4. The Hall–Kier alpha value is -7.44.